The van der Waals surface area contributed by atoms with Gasteiger partial charge in [0.15, 0.2) is 0 Å². The second kappa shape index (κ2) is 10.9. The number of hydrogen-bond donors (Lipinski definition) is 1. The number of fused-ring (bicyclic) bond motifs is 1. The summed E-state index contributed by atoms with van der Waals surface area (Å²) in [5.41, 5.74) is 3.07. The highest BCUT2D eigenvalue weighted by molar-refractivity contribution is 5.84. The topological polar surface area (TPSA) is 66.8 Å². The Morgan fingerprint density at radius 3 is 2.65 bits per heavy atom. The largest absolute Gasteiger partial charge is 0.497 e. The maximum Gasteiger partial charge on any atom is 0.318 e. The molecule has 1 aliphatic rings. The van der Waals surface area contributed by atoms with Crippen LogP contribution in [0.2, 0.25) is 0 Å². The molecule has 4 rings (SSSR count). The van der Waals surface area contributed by atoms with E-state index in [9.17, 15) is 9.59 Å². The number of amides is 3. The van der Waals surface area contributed by atoms with Crippen molar-refractivity contribution < 1.29 is 14.3 Å². The molecule has 0 spiro atoms. The minimum Gasteiger partial charge on any atom is -0.497 e. The number of nitrogens with one attached hydrogen (secondary N) is 1. The third-order valence-corrected chi connectivity index (χ3v) is 6.16. The van der Waals surface area contributed by atoms with Gasteiger partial charge in [0.1, 0.15) is 12.3 Å². The lowest BCUT2D eigenvalue weighted by Gasteiger charge is -2.38. The predicted octanol–water partition coefficient (Wildman–Crippen LogP) is 4.05. The third kappa shape index (κ3) is 5.25. The van der Waals surface area contributed by atoms with Crippen LogP contribution in [-0.2, 0) is 17.9 Å². The zero-order chi connectivity index (χ0) is 23.9. The smallest absolute Gasteiger partial charge is 0.318 e. The van der Waals surface area contributed by atoms with Crippen LogP contribution in [0.4, 0.5) is 4.79 Å². The van der Waals surface area contributed by atoms with Gasteiger partial charge in [0.2, 0.25) is 5.91 Å². The summed E-state index contributed by atoms with van der Waals surface area (Å²) in [5, 5.41) is 2.96. The molecule has 1 atom stereocenters. The summed E-state index contributed by atoms with van der Waals surface area (Å²) in [6.45, 7) is 4.29. The van der Waals surface area contributed by atoms with Gasteiger partial charge in [-0.3, -0.25) is 4.79 Å². The quantitative estimate of drug-likeness (QED) is 0.552. The van der Waals surface area contributed by atoms with Crippen LogP contribution >= 0.6 is 0 Å². The van der Waals surface area contributed by atoms with Crippen molar-refractivity contribution in [1.82, 2.24) is 19.7 Å². The molecule has 0 aliphatic carbocycles. The zero-order valence-corrected chi connectivity index (χ0v) is 19.8. The first-order chi connectivity index (χ1) is 16.6. The van der Waals surface area contributed by atoms with Gasteiger partial charge in [-0.1, -0.05) is 49.4 Å². The minimum atomic E-state index is -0.234. The molecule has 7 nitrogen and oxygen atoms in total. The van der Waals surface area contributed by atoms with Crippen LogP contribution in [0.3, 0.4) is 0 Å². The van der Waals surface area contributed by atoms with Gasteiger partial charge < -0.3 is 24.4 Å². The molecule has 0 saturated heterocycles. The van der Waals surface area contributed by atoms with E-state index in [4.69, 9.17) is 4.74 Å². The third-order valence-electron chi connectivity index (χ3n) is 6.16. The van der Waals surface area contributed by atoms with Crippen LogP contribution in [0, 0.1) is 0 Å². The molecule has 1 N–H and O–H groups in total. The van der Waals surface area contributed by atoms with Crippen molar-refractivity contribution in [2.75, 3.05) is 26.7 Å². The van der Waals surface area contributed by atoms with E-state index < -0.39 is 0 Å². The number of hydrogen-bond acceptors (Lipinski definition) is 3. The van der Waals surface area contributed by atoms with Crippen molar-refractivity contribution in [3.63, 3.8) is 0 Å². The molecule has 2 heterocycles. The molecule has 7 heteroatoms. The Labute approximate surface area is 200 Å². The molecule has 34 heavy (non-hydrogen) atoms. The van der Waals surface area contributed by atoms with Gasteiger partial charge in [-0.2, -0.15) is 0 Å². The molecule has 3 amide bonds. The van der Waals surface area contributed by atoms with Crippen LogP contribution in [0.25, 0.3) is 0 Å². The van der Waals surface area contributed by atoms with E-state index in [-0.39, 0.29) is 24.5 Å². The number of carbonyl (C=O) groups excluding carboxylic acids is 2. The number of carbonyl (C=O) groups is 2. The van der Waals surface area contributed by atoms with Gasteiger partial charge in [0.25, 0.3) is 0 Å². The van der Waals surface area contributed by atoms with E-state index in [2.05, 4.69) is 16.0 Å². The van der Waals surface area contributed by atoms with Crippen molar-refractivity contribution in [1.29, 1.82) is 0 Å². The summed E-state index contributed by atoms with van der Waals surface area (Å²) >= 11 is 0. The van der Waals surface area contributed by atoms with Crippen molar-refractivity contribution >= 4 is 11.9 Å². The fourth-order valence-electron chi connectivity index (χ4n) is 4.48. The monoisotopic (exact) mass is 460 g/mol. The highest BCUT2D eigenvalue weighted by Crippen LogP contribution is 2.34. The summed E-state index contributed by atoms with van der Waals surface area (Å²) in [7, 11) is 1.64. The van der Waals surface area contributed by atoms with Gasteiger partial charge >= 0.3 is 6.03 Å². The van der Waals surface area contributed by atoms with Crippen molar-refractivity contribution in [3.05, 3.63) is 89.7 Å². The fourth-order valence-corrected chi connectivity index (χ4v) is 4.48. The Hall–Kier alpha value is -3.74. The lowest BCUT2D eigenvalue weighted by Crippen LogP contribution is -2.50. The van der Waals surface area contributed by atoms with E-state index in [1.54, 1.807) is 12.0 Å². The number of ether oxygens (including phenoxy) is 1. The van der Waals surface area contributed by atoms with E-state index in [1.807, 2.05) is 78.7 Å². The standard InChI is InChI=1S/C27H32N4O3/c1-3-14-30(27(33)28-19-21-9-5-4-6-10-21)20-25(32)31-17-16-29-15-8-13-24(29)26(31)22-11-7-12-23(18-22)34-2/h4-13,15,18,26H,3,14,16-17,19-20H2,1-2H3,(H,28,33). The highest BCUT2D eigenvalue weighted by Gasteiger charge is 2.33. The van der Waals surface area contributed by atoms with E-state index in [0.717, 1.165) is 35.5 Å². The molecular weight excluding hydrogens is 428 g/mol. The summed E-state index contributed by atoms with van der Waals surface area (Å²) in [5.74, 6) is 0.685. The zero-order valence-electron chi connectivity index (χ0n) is 19.8. The first-order valence-electron chi connectivity index (χ1n) is 11.8. The van der Waals surface area contributed by atoms with Crippen LogP contribution in [0.5, 0.6) is 5.75 Å². The molecule has 3 aromatic rings. The predicted molar refractivity (Wildman–Crippen MR) is 132 cm³/mol. The number of rotatable bonds is 8. The van der Waals surface area contributed by atoms with Crippen LogP contribution < -0.4 is 10.1 Å². The van der Waals surface area contributed by atoms with Gasteiger partial charge in [-0.15, -0.1) is 0 Å². The summed E-state index contributed by atoms with van der Waals surface area (Å²) < 4.78 is 7.62. The molecule has 0 radical (unpaired) electrons. The molecule has 1 aliphatic heterocycles. The Kier molecular flexibility index (Phi) is 7.52. The fraction of sp³-hybridized carbons (Fsp3) is 0.333. The number of nitrogens with zero attached hydrogens (tertiary/aromatic N) is 3. The maximum absolute atomic E-state index is 13.6. The van der Waals surface area contributed by atoms with E-state index >= 15 is 0 Å². The van der Waals surface area contributed by atoms with Crippen LogP contribution in [0.15, 0.2) is 72.9 Å². The summed E-state index contributed by atoms with van der Waals surface area (Å²) in [6, 6.07) is 21.2. The Bertz CT molecular complexity index is 1110. The molecule has 0 fully saturated rings. The average Bonchev–Trinajstić information content (AvgIpc) is 3.36. The van der Waals surface area contributed by atoms with E-state index in [0.29, 0.717) is 19.6 Å². The van der Waals surface area contributed by atoms with E-state index in [1.165, 1.54) is 0 Å². The molecule has 0 saturated carbocycles. The molecule has 1 unspecified atom stereocenters. The Morgan fingerprint density at radius 1 is 1.06 bits per heavy atom. The SMILES string of the molecule is CCCN(CC(=O)N1CCn2cccc2C1c1cccc(OC)c1)C(=O)NCc1ccccc1. The summed E-state index contributed by atoms with van der Waals surface area (Å²) in [6.07, 6.45) is 2.82. The second-order valence-corrected chi connectivity index (χ2v) is 8.46. The van der Waals surface area contributed by atoms with Gasteiger partial charge in [-0.05, 0) is 41.8 Å². The second-order valence-electron chi connectivity index (χ2n) is 8.46. The number of urea groups is 1. The molecule has 1 aromatic heterocycles. The van der Waals surface area contributed by atoms with Gasteiger partial charge in [-0.25, -0.2) is 4.79 Å². The normalized spacial score (nSPS) is 14.9. The maximum atomic E-state index is 13.6. The molecule has 0 bridgehead atoms. The summed E-state index contributed by atoms with van der Waals surface area (Å²) in [4.78, 5) is 30.0. The van der Waals surface area contributed by atoms with Crippen molar-refractivity contribution in [3.8, 4) is 5.75 Å². The molecular formula is C27H32N4O3. The highest BCUT2D eigenvalue weighted by atomic mass is 16.5. The lowest BCUT2D eigenvalue weighted by molar-refractivity contribution is -0.134. The Balaban J connectivity index is 1.52. The van der Waals surface area contributed by atoms with Crippen LogP contribution in [0.1, 0.15) is 36.2 Å². The Morgan fingerprint density at radius 2 is 1.88 bits per heavy atom. The van der Waals surface area contributed by atoms with Gasteiger partial charge in [0.05, 0.1) is 13.2 Å². The molecule has 178 valence electrons. The number of aromatic nitrogens is 1. The van der Waals surface area contributed by atoms with Crippen molar-refractivity contribution in [2.24, 2.45) is 0 Å². The first-order valence-corrected chi connectivity index (χ1v) is 11.8. The van der Waals surface area contributed by atoms with Crippen molar-refractivity contribution in [2.45, 2.75) is 32.5 Å². The van der Waals surface area contributed by atoms with Gasteiger partial charge in [0, 0.05) is 38.1 Å². The van der Waals surface area contributed by atoms with Crippen LogP contribution in [-0.4, -0.2) is 53.0 Å². The number of methoxy groups -OCH3 is 1. The number of benzene rings is 2. The minimum absolute atomic E-state index is 0.0373. The molecule has 2 aromatic carbocycles. The first kappa shape index (κ1) is 23.4. The lowest BCUT2D eigenvalue weighted by atomic mass is 9.99. The average molecular weight is 461 g/mol.